The molecule has 2 aromatic rings. The van der Waals surface area contributed by atoms with Gasteiger partial charge < -0.3 is 9.90 Å². The van der Waals surface area contributed by atoms with Gasteiger partial charge >= 0.3 is 229 Å². The van der Waals surface area contributed by atoms with Gasteiger partial charge in [0.05, 0.1) is 0 Å². The Morgan fingerprint density at radius 2 is 1.17 bits per heavy atom. The number of benzene rings is 2. The van der Waals surface area contributed by atoms with Crippen LogP contribution in [-0.2, 0) is 31.3 Å². The number of aliphatic carboxylic acids is 1. The maximum absolute atomic E-state index is 11.2. The first-order valence-electron chi connectivity index (χ1n) is 14.0. The Balaban J connectivity index is 0.00000108. The average molecular weight is 606 g/mol. The molecule has 1 heterocycles. The molecular formula is C32H45CrN2O6+. The van der Waals surface area contributed by atoms with Crippen molar-refractivity contribution in [3.05, 3.63) is 46.5 Å². The molecule has 0 radical (unpaired) electrons. The molecule has 2 N–H and O–H groups in total. The van der Waals surface area contributed by atoms with Crippen LogP contribution in [0.25, 0.3) is 0 Å². The van der Waals surface area contributed by atoms with E-state index in [0.29, 0.717) is 23.6 Å². The molecule has 0 aromatic heterocycles. The summed E-state index contributed by atoms with van der Waals surface area (Å²) in [6.45, 7) is 13.6. The molecule has 1 saturated heterocycles. The predicted octanol–water partition coefficient (Wildman–Crippen LogP) is 4.27. The first-order chi connectivity index (χ1) is 19.1. The topological polar surface area (TPSA) is 105 Å². The fourth-order valence-corrected chi connectivity index (χ4v) is 7.25. The molecule has 0 amide bonds. The van der Waals surface area contributed by atoms with Gasteiger partial charge in [-0.05, 0) is 6.92 Å². The quantitative estimate of drug-likeness (QED) is 0.540. The molecule has 2 aliphatic rings. The summed E-state index contributed by atoms with van der Waals surface area (Å²) < 4.78 is 16.0. The zero-order chi connectivity index (χ0) is 30.7. The number of ether oxygens (including phenoxy) is 2. The Morgan fingerprint density at radius 3 is 1.46 bits per heavy atom. The number of rotatable bonds is 4. The van der Waals surface area contributed by atoms with Crippen molar-refractivity contribution in [2.24, 2.45) is 0 Å². The van der Waals surface area contributed by atoms with Gasteiger partial charge in [0.2, 0.25) is 0 Å². The van der Waals surface area contributed by atoms with E-state index >= 15 is 0 Å². The van der Waals surface area contributed by atoms with Crippen molar-refractivity contribution in [1.29, 1.82) is 0 Å². The summed E-state index contributed by atoms with van der Waals surface area (Å²) in [7, 11) is 3.34. The fraction of sp³-hybridized carbons (Fsp3) is 0.531. The van der Waals surface area contributed by atoms with Crippen LogP contribution >= 0.6 is 0 Å². The minimum atomic E-state index is -1.08. The normalized spacial score (nSPS) is 20.8. The molecule has 2 fully saturated rings. The molecule has 2 aromatic carbocycles. The second kappa shape index (κ2) is 12.9. The van der Waals surface area contributed by atoms with Gasteiger partial charge in [0.25, 0.3) is 0 Å². The zero-order valence-corrected chi connectivity index (χ0v) is 27.1. The summed E-state index contributed by atoms with van der Waals surface area (Å²) in [5.74, 6) is 1.05. The van der Waals surface area contributed by atoms with Gasteiger partial charge in [-0.1, -0.05) is 0 Å². The summed E-state index contributed by atoms with van der Waals surface area (Å²) in [6.07, 6.45) is 8.87. The predicted molar refractivity (Wildman–Crippen MR) is 154 cm³/mol. The molecule has 1 saturated carbocycles. The molecule has 8 nitrogen and oxygen atoms in total. The summed E-state index contributed by atoms with van der Waals surface area (Å²) in [4.78, 5) is 8.89. The van der Waals surface area contributed by atoms with Gasteiger partial charge in [-0.2, -0.15) is 0 Å². The van der Waals surface area contributed by atoms with E-state index in [4.69, 9.17) is 19.4 Å². The molecule has 0 unspecified atom stereocenters. The van der Waals surface area contributed by atoms with Gasteiger partial charge in [-0.3, -0.25) is 0 Å². The number of aromatic hydroxyl groups is 2. The number of fused-ring (bicyclic) bond motifs is 1. The van der Waals surface area contributed by atoms with E-state index < -0.39 is 5.97 Å². The molecule has 0 spiro atoms. The number of phenols is 2. The van der Waals surface area contributed by atoms with Crippen LogP contribution in [0.15, 0.2) is 24.3 Å². The SMILES string of the molecule is CC(=O)[O-].COc1cc(C=[N+]2[Cr][N+](=Cc3cc(OC)cc(C(C)(C)C)c3O)[C@@H]3CCCC[C@H]32)c(O)c(C(C)(C)C)c1. The number of carbonyl (C=O) groups is 1. The average Bonchev–Trinajstić information content (AvgIpc) is 3.21. The molecule has 1 aliphatic heterocycles. The van der Waals surface area contributed by atoms with Crippen molar-refractivity contribution in [1.82, 2.24) is 0 Å². The van der Waals surface area contributed by atoms with E-state index in [2.05, 4.69) is 61.1 Å². The zero-order valence-electron chi connectivity index (χ0n) is 25.8. The third-order valence-electron chi connectivity index (χ3n) is 7.38. The molecule has 41 heavy (non-hydrogen) atoms. The first kappa shape index (κ1) is 32.5. The molecular weight excluding hydrogens is 560 g/mol. The van der Waals surface area contributed by atoms with Crippen LogP contribution in [0.4, 0.5) is 0 Å². The first-order valence-corrected chi connectivity index (χ1v) is 15.2. The van der Waals surface area contributed by atoms with Gasteiger partial charge in [0.15, 0.2) is 0 Å². The second-order valence-electron chi connectivity index (χ2n) is 12.7. The van der Waals surface area contributed by atoms with Crippen molar-refractivity contribution >= 4 is 18.4 Å². The fourth-order valence-electron chi connectivity index (χ4n) is 5.26. The Kier molecular flexibility index (Phi) is 10.2. The molecule has 0 bridgehead atoms. The Morgan fingerprint density at radius 1 is 0.829 bits per heavy atom. The van der Waals surface area contributed by atoms with Crippen LogP contribution in [-0.4, -0.2) is 62.0 Å². The molecule has 1 aliphatic carbocycles. The number of carboxylic acids is 1. The Hall–Kier alpha value is -3.02. The Bertz CT molecular complexity index is 1240. The standard InChI is InChI=1S/C30H42N2O4.C2H4O2.Cr/c1-29(2,3)23-15-21(35-7)13-19(27(23)33)17-31-25-11-9-10-12-26(25)32-18-20-14-22(36-8)16-24(28(20)34)30(4,5)6;1-2(3)4;/h13-18,25-26,33-34H,9-12H2,1-8H3;1H3,(H,3,4);/q;;+2/p-1/t25-,26-;;/m1../s1. The van der Waals surface area contributed by atoms with E-state index in [0.717, 1.165) is 53.5 Å². The summed E-state index contributed by atoms with van der Waals surface area (Å²) in [5.41, 5.74) is 2.92. The van der Waals surface area contributed by atoms with Gasteiger partial charge in [-0.25, -0.2) is 0 Å². The number of phenolic OH excluding ortho intramolecular Hbond substituents is 2. The van der Waals surface area contributed by atoms with E-state index in [1.807, 2.05) is 24.3 Å². The van der Waals surface area contributed by atoms with Crippen LogP contribution < -0.4 is 14.6 Å². The number of carbonyl (C=O) groups excluding carboxylic acids is 1. The van der Waals surface area contributed by atoms with Crippen LogP contribution in [0.3, 0.4) is 0 Å². The van der Waals surface area contributed by atoms with E-state index in [1.165, 1.54) is 12.8 Å². The number of hydrogen-bond donors (Lipinski definition) is 2. The monoisotopic (exact) mass is 605 g/mol. The van der Waals surface area contributed by atoms with Crippen molar-refractivity contribution < 1.29 is 52.4 Å². The number of methoxy groups -OCH3 is 2. The van der Waals surface area contributed by atoms with Gasteiger partial charge in [-0.15, -0.1) is 0 Å². The third-order valence-corrected chi connectivity index (χ3v) is 9.15. The van der Waals surface area contributed by atoms with E-state index in [1.54, 1.807) is 14.2 Å². The molecule has 2 atom stereocenters. The van der Waals surface area contributed by atoms with E-state index in [-0.39, 0.29) is 26.5 Å². The number of carboxylic acid groups (broad SMARTS) is 1. The third kappa shape index (κ3) is 7.84. The second-order valence-corrected chi connectivity index (χ2v) is 14.3. The van der Waals surface area contributed by atoms with Crippen LogP contribution in [0.5, 0.6) is 23.0 Å². The van der Waals surface area contributed by atoms with Gasteiger partial charge in [0, 0.05) is 5.97 Å². The van der Waals surface area contributed by atoms with Crippen molar-refractivity contribution in [3.8, 4) is 23.0 Å². The summed E-state index contributed by atoms with van der Waals surface area (Å²) >= 11 is -0.0332. The van der Waals surface area contributed by atoms with Crippen molar-refractivity contribution in [2.45, 2.75) is 97.1 Å². The van der Waals surface area contributed by atoms with Crippen molar-refractivity contribution in [3.63, 3.8) is 0 Å². The molecule has 9 heteroatoms. The van der Waals surface area contributed by atoms with Gasteiger partial charge in [0.1, 0.15) is 0 Å². The van der Waals surface area contributed by atoms with Crippen LogP contribution in [0, 0.1) is 0 Å². The van der Waals surface area contributed by atoms with E-state index in [9.17, 15) is 10.2 Å². The van der Waals surface area contributed by atoms with Crippen LogP contribution in [0.1, 0.15) is 96.4 Å². The summed E-state index contributed by atoms with van der Waals surface area (Å²) in [5, 5.41) is 31.3. The number of nitrogens with zero attached hydrogens (tertiary/aromatic N) is 2. The molecule has 4 rings (SSSR count). The maximum atomic E-state index is 11.2. The summed E-state index contributed by atoms with van der Waals surface area (Å²) in [6, 6.07) is 8.45. The Labute approximate surface area is 251 Å². The van der Waals surface area contributed by atoms with Crippen molar-refractivity contribution in [2.75, 3.05) is 14.2 Å². The van der Waals surface area contributed by atoms with Crippen LogP contribution in [0.2, 0.25) is 0 Å². The minimum absolute atomic E-state index is 0.0332. The molecule has 224 valence electrons. The number of hydrogen-bond acceptors (Lipinski definition) is 6.